The van der Waals surface area contributed by atoms with Crippen LogP contribution in [0, 0.1) is 0 Å². The minimum atomic E-state index is -3.45. The molecule has 1 heterocycles. The Bertz CT molecular complexity index is 666. The lowest BCUT2D eigenvalue weighted by atomic mass is 10.1. The SMILES string of the molecule is CCC(=O)N1c2ccc(S(=O)(=O)N(CC)CC)cc2C[C@@H]1C. The van der Waals surface area contributed by atoms with Gasteiger partial charge >= 0.3 is 0 Å². The zero-order valence-electron chi connectivity index (χ0n) is 13.7. The highest BCUT2D eigenvalue weighted by Gasteiger charge is 2.32. The lowest BCUT2D eigenvalue weighted by Crippen LogP contribution is -2.35. The van der Waals surface area contributed by atoms with Crippen LogP contribution >= 0.6 is 0 Å². The van der Waals surface area contributed by atoms with Crippen LogP contribution in [0.15, 0.2) is 23.1 Å². The zero-order valence-corrected chi connectivity index (χ0v) is 14.5. The third-order valence-corrected chi connectivity index (χ3v) is 6.23. The molecule has 122 valence electrons. The fourth-order valence-electron chi connectivity index (χ4n) is 3.03. The van der Waals surface area contributed by atoms with Crippen LogP contribution in [-0.4, -0.2) is 37.8 Å². The molecule has 0 aliphatic carbocycles. The van der Waals surface area contributed by atoms with E-state index in [4.69, 9.17) is 0 Å². The van der Waals surface area contributed by atoms with E-state index in [2.05, 4.69) is 0 Å². The summed E-state index contributed by atoms with van der Waals surface area (Å²) in [6.45, 7) is 8.40. The third-order valence-electron chi connectivity index (χ3n) is 4.18. The Balaban J connectivity index is 2.43. The van der Waals surface area contributed by atoms with Crippen LogP contribution in [0.3, 0.4) is 0 Å². The van der Waals surface area contributed by atoms with Crippen molar-refractivity contribution in [3.05, 3.63) is 23.8 Å². The number of benzene rings is 1. The Labute approximate surface area is 133 Å². The molecule has 2 rings (SSSR count). The van der Waals surface area contributed by atoms with Gasteiger partial charge in [0.05, 0.1) is 4.90 Å². The maximum absolute atomic E-state index is 12.6. The highest BCUT2D eigenvalue weighted by molar-refractivity contribution is 7.89. The average Bonchev–Trinajstić information content (AvgIpc) is 2.82. The molecule has 22 heavy (non-hydrogen) atoms. The van der Waals surface area contributed by atoms with Gasteiger partial charge in [-0.1, -0.05) is 20.8 Å². The first kappa shape index (κ1) is 17.0. The molecule has 1 aromatic carbocycles. The number of amides is 1. The van der Waals surface area contributed by atoms with Gasteiger partial charge in [-0.2, -0.15) is 4.31 Å². The van der Waals surface area contributed by atoms with E-state index < -0.39 is 10.0 Å². The second-order valence-corrected chi connectivity index (χ2v) is 7.49. The molecule has 1 aromatic rings. The lowest BCUT2D eigenvalue weighted by Gasteiger charge is -2.22. The number of hydrogen-bond donors (Lipinski definition) is 0. The Morgan fingerprint density at radius 3 is 2.45 bits per heavy atom. The molecule has 0 spiro atoms. The van der Waals surface area contributed by atoms with Gasteiger partial charge in [-0.15, -0.1) is 0 Å². The van der Waals surface area contributed by atoms with Crippen LogP contribution in [0.1, 0.15) is 39.7 Å². The van der Waals surface area contributed by atoms with Crippen molar-refractivity contribution >= 4 is 21.6 Å². The van der Waals surface area contributed by atoms with Gasteiger partial charge in [0, 0.05) is 31.2 Å². The number of carbonyl (C=O) groups is 1. The minimum absolute atomic E-state index is 0.0746. The molecule has 6 heteroatoms. The molecule has 0 unspecified atom stereocenters. The highest BCUT2D eigenvalue weighted by Crippen LogP contribution is 2.34. The van der Waals surface area contributed by atoms with Gasteiger partial charge in [-0.25, -0.2) is 8.42 Å². The fourth-order valence-corrected chi connectivity index (χ4v) is 4.54. The van der Waals surface area contributed by atoms with E-state index in [1.54, 1.807) is 23.1 Å². The van der Waals surface area contributed by atoms with E-state index in [1.165, 1.54) is 4.31 Å². The van der Waals surface area contributed by atoms with Gasteiger partial charge in [0.15, 0.2) is 0 Å². The van der Waals surface area contributed by atoms with Crippen LogP contribution in [0.5, 0.6) is 0 Å². The van der Waals surface area contributed by atoms with E-state index in [1.807, 2.05) is 27.7 Å². The predicted molar refractivity (Wildman–Crippen MR) is 87.5 cm³/mol. The summed E-state index contributed by atoms with van der Waals surface area (Å²) < 4.78 is 26.6. The molecule has 0 bridgehead atoms. The standard InChI is InChI=1S/C16H24N2O3S/c1-5-16(19)18-12(4)10-13-11-14(8-9-15(13)18)22(20,21)17(6-2)7-3/h8-9,11-12H,5-7,10H2,1-4H3/t12-/m0/s1. The molecule has 0 saturated heterocycles. The molecule has 0 radical (unpaired) electrons. The number of hydrogen-bond acceptors (Lipinski definition) is 3. The summed E-state index contributed by atoms with van der Waals surface area (Å²) in [5, 5.41) is 0. The van der Waals surface area contributed by atoms with E-state index in [0.717, 1.165) is 11.3 Å². The molecule has 0 aromatic heterocycles. The van der Waals surface area contributed by atoms with E-state index in [-0.39, 0.29) is 11.9 Å². The van der Waals surface area contributed by atoms with E-state index in [0.29, 0.717) is 30.8 Å². The van der Waals surface area contributed by atoms with Crippen LogP contribution in [-0.2, 0) is 21.2 Å². The van der Waals surface area contributed by atoms with Crippen LogP contribution in [0.4, 0.5) is 5.69 Å². The largest absolute Gasteiger partial charge is 0.309 e. The van der Waals surface area contributed by atoms with Gasteiger partial charge in [0.1, 0.15) is 0 Å². The quantitative estimate of drug-likeness (QED) is 0.836. The molecule has 1 aliphatic rings. The molecule has 1 amide bonds. The lowest BCUT2D eigenvalue weighted by molar-refractivity contribution is -0.118. The molecule has 0 saturated carbocycles. The van der Waals surface area contributed by atoms with Crippen molar-refractivity contribution in [1.82, 2.24) is 4.31 Å². The van der Waals surface area contributed by atoms with Crippen molar-refractivity contribution in [3.8, 4) is 0 Å². The van der Waals surface area contributed by atoms with Gasteiger partial charge < -0.3 is 4.90 Å². The molecular formula is C16H24N2O3S. The number of sulfonamides is 1. The first-order chi connectivity index (χ1) is 10.4. The average molecular weight is 324 g/mol. The Kier molecular flexibility index (Phi) is 4.92. The number of nitrogens with zero attached hydrogens (tertiary/aromatic N) is 2. The fraction of sp³-hybridized carbons (Fsp3) is 0.562. The summed E-state index contributed by atoms with van der Waals surface area (Å²) >= 11 is 0. The third kappa shape index (κ3) is 2.77. The van der Waals surface area contributed by atoms with Gasteiger partial charge in [-0.3, -0.25) is 4.79 Å². The second-order valence-electron chi connectivity index (χ2n) is 5.55. The number of carbonyl (C=O) groups excluding carboxylic acids is 1. The molecular weight excluding hydrogens is 300 g/mol. The van der Waals surface area contributed by atoms with Crippen molar-refractivity contribution in [2.75, 3.05) is 18.0 Å². The van der Waals surface area contributed by atoms with Gasteiger partial charge in [0.2, 0.25) is 15.9 Å². The van der Waals surface area contributed by atoms with Crippen molar-refractivity contribution in [3.63, 3.8) is 0 Å². The first-order valence-corrected chi connectivity index (χ1v) is 9.25. The molecule has 0 fully saturated rings. The Morgan fingerprint density at radius 1 is 1.27 bits per heavy atom. The summed E-state index contributed by atoms with van der Waals surface area (Å²) in [5.41, 5.74) is 1.78. The van der Waals surface area contributed by atoms with Crippen LogP contribution in [0.2, 0.25) is 0 Å². The number of rotatable bonds is 5. The van der Waals surface area contributed by atoms with Crippen molar-refractivity contribution in [2.24, 2.45) is 0 Å². The maximum Gasteiger partial charge on any atom is 0.243 e. The van der Waals surface area contributed by atoms with Crippen molar-refractivity contribution in [1.29, 1.82) is 0 Å². The summed E-state index contributed by atoms with van der Waals surface area (Å²) in [4.78, 5) is 14.2. The van der Waals surface area contributed by atoms with Crippen LogP contribution in [0.25, 0.3) is 0 Å². The van der Waals surface area contributed by atoms with Crippen molar-refractivity contribution < 1.29 is 13.2 Å². The van der Waals surface area contributed by atoms with E-state index in [9.17, 15) is 13.2 Å². The summed E-state index contributed by atoms with van der Waals surface area (Å²) in [6.07, 6.45) is 1.14. The van der Waals surface area contributed by atoms with Crippen LogP contribution < -0.4 is 4.90 Å². The molecule has 0 N–H and O–H groups in total. The number of fused-ring (bicyclic) bond motifs is 1. The molecule has 5 nitrogen and oxygen atoms in total. The Hall–Kier alpha value is -1.40. The zero-order chi connectivity index (χ0) is 16.5. The van der Waals surface area contributed by atoms with Crippen molar-refractivity contribution in [2.45, 2.75) is 51.5 Å². The normalized spacial score (nSPS) is 17.9. The minimum Gasteiger partial charge on any atom is -0.309 e. The topological polar surface area (TPSA) is 57.7 Å². The summed E-state index contributed by atoms with van der Waals surface area (Å²) in [5.74, 6) is 0.0746. The number of anilines is 1. The maximum atomic E-state index is 12.6. The van der Waals surface area contributed by atoms with E-state index >= 15 is 0 Å². The molecule has 1 atom stereocenters. The highest BCUT2D eigenvalue weighted by atomic mass is 32.2. The molecule has 1 aliphatic heterocycles. The van der Waals surface area contributed by atoms with Gasteiger partial charge in [0.25, 0.3) is 0 Å². The van der Waals surface area contributed by atoms with Gasteiger partial charge in [-0.05, 0) is 37.1 Å². The predicted octanol–water partition coefficient (Wildman–Crippen LogP) is 2.40. The monoisotopic (exact) mass is 324 g/mol. The Morgan fingerprint density at radius 2 is 1.91 bits per heavy atom. The smallest absolute Gasteiger partial charge is 0.243 e. The second kappa shape index (κ2) is 6.38. The summed E-state index contributed by atoms with van der Waals surface area (Å²) in [7, 11) is -3.45. The first-order valence-electron chi connectivity index (χ1n) is 7.81. The summed E-state index contributed by atoms with van der Waals surface area (Å²) in [6, 6.07) is 5.18.